The Bertz CT molecular complexity index is 840. The smallest absolute Gasteiger partial charge is 0.252 e. The predicted octanol–water partition coefficient (Wildman–Crippen LogP) is 4.98. The molecule has 3 rings (SSSR count). The normalized spacial score (nSPS) is 18.3. The summed E-state index contributed by atoms with van der Waals surface area (Å²) in [5.74, 6) is -0.00136. The number of carbonyl (C=O) groups is 2. The van der Waals surface area contributed by atoms with E-state index in [9.17, 15) is 9.59 Å². The van der Waals surface area contributed by atoms with Crippen molar-refractivity contribution >= 4 is 45.0 Å². The van der Waals surface area contributed by atoms with Crippen LogP contribution in [0.3, 0.4) is 0 Å². The molecule has 2 aromatic rings. The van der Waals surface area contributed by atoms with Gasteiger partial charge in [-0.15, -0.1) is 0 Å². The van der Waals surface area contributed by atoms with Crippen LogP contribution in [0.2, 0.25) is 5.02 Å². The van der Waals surface area contributed by atoms with Gasteiger partial charge in [-0.2, -0.15) is 0 Å². The highest BCUT2D eigenvalue weighted by Gasteiger charge is 2.44. The van der Waals surface area contributed by atoms with Gasteiger partial charge in [0.15, 0.2) is 0 Å². The maximum Gasteiger partial charge on any atom is 0.252 e. The molecule has 0 bridgehead atoms. The molecule has 1 aliphatic rings. The van der Waals surface area contributed by atoms with Crippen LogP contribution in [-0.4, -0.2) is 18.4 Å². The van der Waals surface area contributed by atoms with Crippen LogP contribution in [0.25, 0.3) is 0 Å². The van der Waals surface area contributed by atoms with E-state index in [0.29, 0.717) is 22.8 Å². The monoisotopic (exact) mass is 434 g/mol. The molecule has 2 unspecified atom stereocenters. The lowest BCUT2D eigenvalue weighted by Crippen LogP contribution is -2.24. The molecule has 2 aromatic carbocycles. The van der Waals surface area contributed by atoms with Crippen LogP contribution in [-0.2, 0) is 4.79 Å². The van der Waals surface area contributed by atoms with E-state index in [2.05, 4.69) is 32.6 Å². The van der Waals surface area contributed by atoms with E-state index in [4.69, 9.17) is 11.6 Å². The Morgan fingerprint density at radius 2 is 2.04 bits per heavy atom. The zero-order chi connectivity index (χ0) is 18.7. The standard InChI is InChI=1S/C20H20BrClN2O2/c1-2-8-23-19(25)15-7-6-14(10-18(15)22)24-20(26)17-11-16(17)12-4-3-5-13(21)9-12/h3-7,9-10,16-17H,2,8,11H2,1H3,(H,23,25)(H,24,26). The number of anilines is 1. The van der Waals surface area contributed by atoms with Gasteiger partial charge in [-0.25, -0.2) is 0 Å². The van der Waals surface area contributed by atoms with E-state index in [1.807, 2.05) is 25.1 Å². The summed E-state index contributed by atoms with van der Waals surface area (Å²) in [5.41, 5.74) is 2.18. The fourth-order valence-electron chi connectivity index (χ4n) is 2.94. The highest BCUT2D eigenvalue weighted by atomic mass is 79.9. The average Bonchev–Trinajstić information content (AvgIpc) is 3.41. The van der Waals surface area contributed by atoms with Crippen LogP contribution >= 0.6 is 27.5 Å². The first-order valence-electron chi connectivity index (χ1n) is 8.63. The van der Waals surface area contributed by atoms with Crippen LogP contribution < -0.4 is 10.6 Å². The number of amides is 2. The van der Waals surface area contributed by atoms with E-state index in [1.165, 1.54) is 5.56 Å². The largest absolute Gasteiger partial charge is 0.352 e. The molecule has 0 aliphatic heterocycles. The van der Waals surface area contributed by atoms with Gasteiger partial charge >= 0.3 is 0 Å². The van der Waals surface area contributed by atoms with E-state index in [-0.39, 0.29) is 23.7 Å². The van der Waals surface area contributed by atoms with Crippen molar-refractivity contribution in [3.63, 3.8) is 0 Å². The topological polar surface area (TPSA) is 58.2 Å². The zero-order valence-electron chi connectivity index (χ0n) is 14.4. The van der Waals surface area contributed by atoms with E-state index >= 15 is 0 Å². The number of hydrogen-bond donors (Lipinski definition) is 2. The van der Waals surface area contributed by atoms with Crippen LogP contribution in [0, 0.1) is 5.92 Å². The summed E-state index contributed by atoms with van der Waals surface area (Å²) in [6.45, 7) is 2.59. The average molecular weight is 436 g/mol. The summed E-state index contributed by atoms with van der Waals surface area (Å²) in [6.07, 6.45) is 1.70. The third-order valence-electron chi connectivity index (χ3n) is 4.42. The second kappa shape index (κ2) is 8.23. The van der Waals surface area contributed by atoms with Gasteiger partial charge < -0.3 is 10.6 Å². The second-order valence-corrected chi connectivity index (χ2v) is 7.77. The van der Waals surface area contributed by atoms with Crippen molar-refractivity contribution in [2.45, 2.75) is 25.7 Å². The van der Waals surface area contributed by atoms with Crippen molar-refractivity contribution in [3.8, 4) is 0 Å². The number of carbonyl (C=O) groups excluding carboxylic acids is 2. The summed E-state index contributed by atoms with van der Waals surface area (Å²) in [6, 6.07) is 13.0. The molecule has 0 radical (unpaired) electrons. The number of halogens is 2. The minimum Gasteiger partial charge on any atom is -0.352 e. The molecule has 0 spiro atoms. The number of hydrogen-bond acceptors (Lipinski definition) is 2. The molecule has 2 amide bonds. The Kier molecular flexibility index (Phi) is 5.99. The molecular weight excluding hydrogens is 416 g/mol. The third-order valence-corrected chi connectivity index (χ3v) is 5.23. The molecule has 0 heterocycles. The summed E-state index contributed by atoms with van der Waals surface area (Å²) in [7, 11) is 0. The number of benzene rings is 2. The van der Waals surface area contributed by atoms with Crippen LogP contribution in [0.1, 0.15) is 41.6 Å². The summed E-state index contributed by atoms with van der Waals surface area (Å²) in [5, 5.41) is 6.02. The Hall–Kier alpha value is -1.85. The van der Waals surface area contributed by atoms with Crippen LogP contribution in [0.5, 0.6) is 0 Å². The minimum absolute atomic E-state index is 0.0192. The maximum atomic E-state index is 12.5. The summed E-state index contributed by atoms with van der Waals surface area (Å²) < 4.78 is 1.02. The van der Waals surface area contributed by atoms with E-state index < -0.39 is 0 Å². The molecule has 2 N–H and O–H groups in total. The third kappa shape index (κ3) is 4.46. The molecule has 4 nitrogen and oxygen atoms in total. The Balaban J connectivity index is 1.62. The number of rotatable bonds is 6. The fraction of sp³-hybridized carbons (Fsp3) is 0.300. The summed E-state index contributed by atoms with van der Waals surface area (Å²) in [4.78, 5) is 24.5. The first-order chi connectivity index (χ1) is 12.5. The van der Waals surface area contributed by atoms with Crippen LogP contribution in [0.15, 0.2) is 46.9 Å². The Morgan fingerprint density at radius 3 is 2.73 bits per heavy atom. The van der Waals surface area contributed by atoms with Crippen molar-refractivity contribution in [2.24, 2.45) is 5.92 Å². The van der Waals surface area contributed by atoms with Crippen molar-refractivity contribution in [1.29, 1.82) is 0 Å². The molecule has 0 saturated heterocycles. The molecule has 136 valence electrons. The van der Waals surface area contributed by atoms with Gasteiger partial charge in [-0.05, 0) is 54.7 Å². The molecule has 26 heavy (non-hydrogen) atoms. The lowest BCUT2D eigenvalue weighted by Gasteiger charge is -2.09. The summed E-state index contributed by atoms with van der Waals surface area (Å²) >= 11 is 9.67. The predicted molar refractivity (Wildman–Crippen MR) is 108 cm³/mol. The van der Waals surface area contributed by atoms with Crippen LogP contribution in [0.4, 0.5) is 5.69 Å². The molecule has 2 atom stereocenters. The lowest BCUT2D eigenvalue weighted by molar-refractivity contribution is -0.117. The van der Waals surface area contributed by atoms with Gasteiger partial charge in [0.1, 0.15) is 0 Å². The first kappa shape index (κ1) is 18.9. The first-order valence-corrected chi connectivity index (χ1v) is 9.80. The minimum atomic E-state index is -0.202. The molecule has 1 fully saturated rings. The van der Waals surface area contributed by atoms with E-state index in [1.54, 1.807) is 18.2 Å². The number of nitrogens with one attached hydrogen (secondary N) is 2. The fourth-order valence-corrected chi connectivity index (χ4v) is 3.62. The van der Waals surface area contributed by atoms with Gasteiger partial charge in [-0.3, -0.25) is 9.59 Å². The van der Waals surface area contributed by atoms with Gasteiger partial charge in [0.05, 0.1) is 10.6 Å². The highest BCUT2D eigenvalue weighted by molar-refractivity contribution is 9.10. The van der Waals surface area contributed by atoms with Crippen molar-refractivity contribution in [3.05, 3.63) is 63.1 Å². The molecule has 6 heteroatoms. The zero-order valence-corrected chi connectivity index (χ0v) is 16.7. The lowest BCUT2D eigenvalue weighted by atomic mass is 10.1. The Morgan fingerprint density at radius 1 is 1.23 bits per heavy atom. The van der Waals surface area contributed by atoms with Crippen molar-refractivity contribution < 1.29 is 9.59 Å². The van der Waals surface area contributed by atoms with Crippen molar-refractivity contribution in [1.82, 2.24) is 5.32 Å². The van der Waals surface area contributed by atoms with Gasteiger partial charge in [0.25, 0.3) is 5.91 Å². The highest BCUT2D eigenvalue weighted by Crippen LogP contribution is 2.48. The maximum absolute atomic E-state index is 12.5. The molecular formula is C20H20BrClN2O2. The Labute approximate surface area is 166 Å². The quantitative estimate of drug-likeness (QED) is 0.672. The molecule has 0 aromatic heterocycles. The molecule has 1 saturated carbocycles. The van der Waals surface area contributed by atoms with Crippen molar-refractivity contribution in [2.75, 3.05) is 11.9 Å². The van der Waals surface area contributed by atoms with Gasteiger partial charge in [0.2, 0.25) is 5.91 Å². The second-order valence-electron chi connectivity index (χ2n) is 6.44. The molecule has 1 aliphatic carbocycles. The van der Waals surface area contributed by atoms with Gasteiger partial charge in [0, 0.05) is 22.6 Å². The van der Waals surface area contributed by atoms with Gasteiger partial charge in [-0.1, -0.05) is 46.6 Å². The SMILES string of the molecule is CCCNC(=O)c1ccc(NC(=O)C2CC2c2cccc(Br)c2)cc1Cl. The van der Waals surface area contributed by atoms with E-state index in [0.717, 1.165) is 17.3 Å².